The molecule has 4 heteroatoms. The van der Waals surface area contributed by atoms with E-state index in [4.69, 9.17) is 15.0 Å². The van der Waals surface area contributed by atoms with Crippen molar-refractivity contribution in [1.82, 2.24) is 0 Å². The molecule has 1 atom stereocenters. The van der Waals surface area contributed by atoms with Crippen LogP contribution >= 0.6 is 0 Å². The van der Waals surface area contributed by atoms with Crippen molar-refractivity contribution in [3.05, 3.63) is 12.2 Å². The van der Waals surface area contributed by atoms with Crippen molar-refractivity contribution in [3.63, 3.8) is 0 Å². The summed E-state index contributed by atoms with van der Waals surface area (Å²) in [5.74, 6) is -0.769. The van der Waals surface area contributed by atoms with Gasteiger partial charge >= 0.3 is 5.97 Å². The molecule has 1 aliphatic rings. The van der Waals surface area contributed by atoms with E-state index in [-0.39, 0.29) is 12.4 Å². The highest BCUT2D eigenvalue weighted by atomic mass is 16.4. The zero-order chi connectivity index (χ0) is 9.40. The largest absolute Gasteiger partial charge is 0.483 e. The number of hydrogen-bond acceptors (Lipinski definition) is 2. The SMILES string of the molecule is O=C(O)C1CC=CCC1.O=CO. The Morgan fingerprint density at radius 1 is 1.50 bits per heavy atom. The number of allylic oxidation sites excluding steroid dienone is 2. The molecule has 0 radical (unpaired) electrons. The normalized spacial score (nSPS) is 20.5. The highest BCUT2D eigenvalue weighted by molar-refractivity contribution is 5.70. The quantitative estimate of drug-likeness (QED) is 0.459. The summed E-state index contributed by atoms with van der Waals surface area (Å²) in [7, 11) is 0. The molecule has 68 valence electrons. The monoisotopic (exact) mass is 172 g/mol. The maximum atomic E-state index is 10.3. The fourth-order valence-corrected chi connectivity index (χ4v) is 1.02. The lowest BCUT2D eigenvalue weighted by Gasteiger charge is -2.11. The molecular weight excluding hydrogens is 160 g/mol. The first-order chi connectivity index (χ1) is 5.72. The van der Waals surface area contributed by atoms with Crippen molar-refractivity contribution in [1.29, 1.82) is 0 Å². The Morgan fingerprint density at radius 2 is 2.08 bits per heavy atom. The molecule has 1 rings (SSSR count). The van der Waals surface area contributed by atoms with Crippen LogP contribution in [0.25, 0.3) is 0 Å². The lowest BCUT2D eigenvalue weighted by Crippen LogP contribution is -2.13. The number of carbonyl (C=O) groups is 2. The summed E-state index contributed by atoms with van der Waals surface area (Å²) in [6.07, 6.45) is 6.44. The summed E-state index contributed by atoms with van der Waals surface area (Å²) >= 11 is 0. The first kappa shape index (κ1) is 10.7. The molecule has 0 amide bonds. The molecule has 12 heavy (non-hydrogen) atoms. The van der Waals surface area contributed by atoms with Gasteiger partial charge in [0.1, 0.15) is 0 Å². The molecule has 0 aromatic rings. The molecule has 0 saturated heterocycles. The molecule has 1 aliphatic carbocycles. The van der Waals surface area contributed by atoms with E-state index in [1.165, 1.54) is 0 Å². The molecule has 0 aliphatic heterocycles. The molecular formula is C8H12O4. The third-order valence-corrected chi connectivity index (χ3v) is 1.62. The van der Waals surface area contributed by atoms with Crippen molar-refractivity contribution < 1.29 is 19.8 Å². The van der Waals surface area contributed by atoms with Gasteiger partial charge in [-0.05, 0) is 19.3 Å². The summed E-state index contributed by atoms with van der Waals surface area (Å²) in [5.41, 5.74) is 0. The van der Waals surface area contributed by atoms with Crippen LogP contribution in [0.2, 0.25) is 0 Å². The molecule has 0 aromatic heterocycles. The van der Waals surface area contributed by atoms with Gasteiger partial charge in [0.15, 0.2) is 0 Å². The van der Waals surface area contributed by atoms with Gasteiger partial charge in [-0.1, -0.05) is 12.2 Å². The van der Waals surface area contributed by atoms with E-state index in [2.05, 4.69) is 0 Å². The van der Waals surface area contributed by atoms with Gasteiger partial charge in [0.25, 0.3) is 6.47 Å². The fraction of sp³-hybridized carbons (Fsp3) is 0.500. The zero-order valence-electron chi connectivity index (χ0n) is 6.64. The first-order valence-electron chi connectivity index (χ1n) is 3.68. The molecule has 2 N–H and O–H groups in total. The van der Waals surface area contributed by atoms with Crippen LogP contribution in [0.5, 0.6) is 0 Å². The Labute approximate surface area is 70.5 Å². The molecule has 0 fully saturated rings. The predicted molar refractivity (Wildman–Crippen MR) is 42.8 cm³/mol. The van der Waals surface area contributed by atoms with Crippen molar-refractivity contribution >= 4 is 12.4 Å². The van der Waals surface area contributed by atoms with Crippen LogP contribution in [0.4, 0.5) is 0 Å². The summed E-state index contributed by atoms with van der Waals surface area (Å²) in [6.45, 7) is -0.250. The van der Waals surface area contributed by atoms with Gasteiger partial charge in [-0.3, -0.25) is 9.59 Å². The van der Waals surface area contributed by atoms with Gasteiger partial charge in [-0.25, -0.2) is 0 Å². The van der Waals surface area contributed by atoms with Crippen LogP contribution in [-0.2, 0) is 9.59 Å². The standard InChI is InChI=1S/C7H10O2.CH2O2/c8-7(9)6-4-2-1-3-5-6;2-1-3/h1-2,6H,3-5H2,(H,8,9);1H,(H,2,3). The second-order valence-corrected chi connectivity index (χ2v) is 2.43. The van der Waals surface area contributed by atoms with Crippen LogP contribution in [0.15, 0.2) is 12.2 Å². The highest BCUT2D eigenvalue weighted by Crippen LogP contribution is 2.17. The third kappa shape index (κ3) is 4.49. The van der Waals surface area contributed by atoms with Gasteiger partial charge in [-0.15, -0.1) is 0 Å². The Hall–Kier alpha value is -1.32. The zero-order valence-corrected chi connectivity index (χ0v) is 6.64. The van der Waals surface area contributed by atoms with Crippen molar-refractivity contribution in [3.8, 4) is 0 Å². The fourth-order valence-electron chi connectivity index (χ4n) is 1.02. The molecule has 0 heterocycles. The van der Waals surface area contributed by atoms with Gasteiger partial charge in [0.2, 0.25) is 0 Å². The Balaban J connectivity index is 0.000000354. The molecule has 4 nitrogen and oxygen atoms in total. The number of carboxylic acid groups (broad SMARTS) is 2. The molecule has 0 saturated carbocycles. The lowest BCUT2D eigenvalue weighted by atomic mass is 9.95. The topological polar surface area (TPSA) is 74.6 Å². The minimum atomic E-state index is -0.653. The van der Waals surface area contributed by atoms with Gasteiger partial charge < -0.3 is 10.2 Å². The summed E-state index contributed by atoms with van der Waals surface area (Å²) in [5, 5.41) is 15.4. The highest BCUT2D eigenvalue weighted by Gasteiger charge is 2.16. The van der Waals surface area contributed by atoms with Crippen molar-refractivity contribution in [2.75, 3.05) is 0 Å². The maximum absolute atomic E-state index is 10.3. The number of rotatable bonds is 1. The average Bonchev–Trinajstić information content (AvgIpc) is 2.07. The van der Waals surface area contributed by atoms with Crippen LogP contribution in [0.1, 0.15) is 19.3 Å². The van der Waals surface area contributed by atoms with E-state index in [1.807, 2.05) is 12.2 Å². The van der Waals surface area contributed by atoms with Gasteiger partial charge in [0, 0.05) is 0 Å². The molecule has 0 spiro atoms. The minimum Gasteiger partial charge on any atom is -0.483 e. The lowest BCUT2D eigenvalue weighted by molar-refractivity contribution is -0.141. The van der Waals surface area contributed by atoms with E-state index in [1.54, 1.807) is 0 Å². The van der Waals surface area contributed by atoms with Crippen LogP contribution < -0.4 is 0 Å². The van der Waals surface area contributed by atoms with Crippen molar-refractivity contribution in [2.45, 2.75) is 19.3 Å². The Morgan fingerprint density at radius 3 is 2.33 bits per heavy atom. The number of carboxylic acids is 1. The summed E-state index contributed by atoms with van der Waals surface area (Å²) in [6, 6.07) is 0. The summed E-state index contributed by atoms with van der Waals surface area (Å²) in [4.78, 5) is 18.7. The second kappa shape index (κ2) is 6.39. The number of hydrogen-bond donors (Lipinski definition) is 2. The van der Waals surface area contributed by atoms with E-state index in [9.17, 15) is 4.79 Å². The van der Waals surface area contributed by atoms with E-state index in [0.29, 0.717) is 0 Å². The minimum absolute atomic E-state index is 0.116. The molecule has 0 aromatic carbocycles. The Kier molecular flexibility index (Phi) is 5.69. The van der Waals surface area contributed by atoms with Gasteiger partial charge in [-0.2, -0.15) is 0 Å². The van der Waals surface area contributed by atoms with Gasteiger partial charge in [0.05, 0.1) is 5.92 Å². The third-order valence-electron chi connectivity index (χ3n) is 1.62. The maximum Gasteiger partial charge on any atom is 0.306 e. The number of aliphatic carboxylic acids is 1. The predicted octanol–water partition coefficient (Wildman–Crippen LogP) is 1.13. The first-order valence-corrected chi connectivity index (χ1v) is 3.68. The second-order valence-electron chi connectivity index (χ2n) is 2.43. The van der Waals surface area contributed by atoms with Crippen LogP contribution in [0, 0.1) is 5.92 Å². The van der Waals surface area contributed by atoms with Crippen LogP contribution in [-0.4, -0.2) is 22.7 Å². The molecule has 0 bridgehead atoms. The smallest absolute Gasteiger partial charge is 0.306 e. The van der Waals surface area contributed by atoms with Crippen molar-refractivity contribution in [2.24, 2.45) is 5.92 Å². The summed E-state index contributed by atoms with van der Waals surface area (Å²) < 4.78 is 0. The van der Waals surface area contributed by atoms with E-state index >= 15 is 0 Å². The van der Waals surface area contributed by atoms with E-state index in [0.717, 1.165) is 19.3 Å². The van der Waals surface area contributed by atoms with Crippen LogP contribution in [0.3, 0.4) is 0 Å². The van der Waals surface area contributed by atoms with E-state index < -0.39 is 5.97 Å². The Bertz CT molecular complexity index is 174. The molecule has 1 unspecified atom stereocenters. The average molecular weight is 172 g/mol.